The van der Waals surface area contributed by atoms with Crippen LogP contribution in [0.4, 0.5) is 10.1 Å². The van der Waals surface area contributed by atoms with Crippen molar-refractivity contribution in [2.75, 3.05) is 11.9 Å². The molecule has 3 nitrogen and oxygen atoms in total. The Morgan fingerprint density at radius 3 is 2.55 bits per heavy atom. The molecule has 0 amide bonds. The number of rotatable bonds is 5. The highest BCUT2D eigenvalue weighted by atomic mass is 19.1. The Bertz CT molecular complexity index is 608. The summed E-state index contributed by atoms with van der Waals surface area (Å²) in [6.45, 7) is -0.101. The second-order valence-electron chi connectivity index (χ2n) is 4.49. The van der Waals surface area contributed by atoms with E-state index in [2.05, 4.69) is 5.32 Å². The van der Waals surface area contributed by atoms with Crippen molar-refractivity contribution >= 4 is 5.69 Å². The lowest BCUT2D eigenvalue weighted by Crippen LogP contribution is -2.26. The molecule has 0 fully saturated rings. The van der Waals surface area contributed by atoms with Crippen LogP contribution in [-0.4, -0.2) is 17.8 Å². The van der Waals surface area contributed by atoms with Crippen molar-refractivity contribution in [3.8, 4) is 6.07 Å². The topological polar surface area (TPSA) is 56.0 Å². The first-order chi connectivity index (χ1) is 9.74. The minimum absolute atomic E-state index is 0.0287. The Morgan fingerprint density at radius 1 is 1.15 bits per heavy atom. The third-order valence-electron chi connectivity index (χ3n) is 3.03. The first-order valence-electron chi connectivity index (χ1n) is 6.34. The normalized spacial score (nSPS) is 11.7. The van der Waals surface area contributed by atoms with E-state index in [1.807, 2.05) is 36.4 Å². The molecule has 2 aromatic rings. The van der Waals surface area contributed by atoms with Crippen LogP contribution in [0.2, 0.25) is 0 Å². The SMILES string of the molecule is N#Cc1c(F)cccc1NC(CO)Cc1ccccc1. The van der Waals surface area contributed by atoms with Crippen LogP contribution in [0.1, 0.15) is 11.1 Å². The van der Waals surface area contributed by atoms with E-state index in [1.54, 1.807) is 6.07 Å². The molecule has 0 aliphatic heterocycles. The number of hydrogen-bond donors (Lipinski definition) is 2. The smallest absolute Gasteiger partial charge is 0.143 e. The molecule has 1 unspecified atom stereocenters. The van der Waals surface area contributed by atoms with Crippen LogP contribution in [0.3, 0.4) is 0 Å². The average Bonchev–Trinajstić information content (AvgIpc) is 2.48. The van der Waals surface area contributed by atoms with Gasteiger partial charge in [-0.05, 0) is 24.1 Å². The molecule has 0 bridgehead atoms. The molecule has 1 atom stereocenters. The molecule has 0 aliphatic rings. The fourth-order valence-electron chi connectivity index (χ4n) is 2.04. The molecule has 4 heteroatoms. The highest BCUT2D eigenvalue weighted by molar-refractivity contribution is 5.58. The van der Waals surface area contributed by atoms with Gasteiger partial charge in [-0.15, -0.1) is 0 Å². The number of hydrogen-bond acceptors (Lipinski definition) is 3. The van der Waals surface area contributed by atoms with Crippen LogP contribution in [0.5, 0.6) is 0 Å². The Balaban J connectivity index is 2.15. The zero-order chi connectivity index (χ0) is 14.4. The van der Waals surface area contributed by atoms with Crippen molar-refractivity contribution in [2.24, 2.45) is 0 Å². The predicted octanol–water partition coefficient (Wildman–Crippen LogP) is 2.71. The molecule has 0 saturated heterocycles. The van der Waals surface area contributed by atoms with Gasteiger partial charge in [0, 0.05) is 0 Å². The van der Waals surface area contributed by atoms with E-state index in [0.29, 0.717) is 12.1 Å². The lowest BCUT2D eigenvalue weighted by molar-refractivity contribution is 0.273. The zero-order valence-corrected chi connectivity index (χ0v) is 10.9. The number of anilines is 1. The van der Waals surface area contributed by atoms with E-state index in [4.69, 9.17) is 5.26 Å². The summed E-state index contributed by atoms with van der Waals surface area (Å²) in [6.07, 6.45) is 0.596. The molecule has 0 aromatic heterocycles. The van der Waals surface area contributed by atoms with Gasteiger partial charge in [0.05, 0.1) is 18.3 Å². The van der Waals surface area contributed by atoms with Gasteiger partial charge in [-0.25, -0.2) is 4.39 Å². The largest absolute Gasteiger partial charge is 0.394 e. The van der Waals surface area contributed by atoms with Crippen LogP contribution in [-0.2, 0) is 6.42 Å². The van der Waals surface area contributed by atoms with Crippen LogP contribution < -0.4 is 5.32 Å². The summed E-state index contributed by atoms with van der Waals surface area (Å²) in [7, 11) is 0. The van der Waals surface area contributed by atoms with E-state index in [9.17, 15) is 9.50 Å². The molecule has 0 aliphatic carbocycles. The van der Waals surface area contributed by atoms with Crippen molar-refractivity contribution < 1.29 is 9.50 Å². The third-order valence-corrected chi connectivity index (χ3v) is 3.03. The fourth-order valence-corrected chi connectivity index (χ4v) is 2.04. The van der Waals surface area contributed by atoms with Crippen LogP contribution in [0.25, 0.3) is 0 Å². The number of nitrogens with one attached hydrogen (secondary N) is 1. The van der Waals surface area contributed by atoms with E-state index in [0.717, 1.165) is 5.56 Å². The molecule has 0 radical (unpaired) electrons. The molecule has 2 aromatic carbocycles. The van der Waals surface area contributed by atoms with E-state index < -0.39 is 5.82 Å². The van der Waals surface area contributed by atoms with Crippen LogP contribution >= 0.6 is 0 Å². The highest BCUT2D eigenvalue weighted by Crippen LogP contribution is 2.19. The summed E-state index contributed by atoms with van der Waals surface area (Å²) in [5.41, 5.74) is 1.44. The first kappa shape index (κ1) is 14.0. The standard InChI is InChI=1S/C16H15FN2O/c17-15-7-4-8-16(14(15)10-18)19-13(11-20)9-12-5-2-1-3-6-12/h1-8,13,19-20H,9,11H2. The van der Waals surface area contributed by atoms with Crippen molar-refractivity contribution in [3.63, 3.8) is 0 Å². The molecule has 2 N–H and O–H groups in total. The molecule has 0 spiro atoms. The van der Waals surface area contributed by atoms with Gasteiger partial charge in [0.25, 0.3) is 0 Å². The van der Waals surface area contributed by atoms with Gasteiger partial charge in [0.2, 0.25) is 0 Å². The molecule has 0 heterocycles. The summed E-state index contributed by atoms with van der Waals surface area (Å²) in [5.74, 6) is -0.561. The maximum Gasteiger partial charge on any atom is 0.143 e. The van der Waals surface area contributed by atoms with E-state index >= 15 is 0 Å². The molecule has 2 rings (SSSR count). The lowest BCUT2D eigenvalue weighted by atomic mass is 10.1. The van der Waals surface area contributed by atoms with Crippen LogP contribution in [0.15, 0.2) is 48.5 Å². The number of aliphatic hydroxyl groups excluding tert-OH is 1. The van der Waals surface area contributed by atoms with Crippen molar-refractivity contribution in [3.05, 3.63) is 65.5 Å². The molecule has 0 saturated carbocycles. The summed E-state index contributed by atoms with van der Waals surface area (Å²) >= 11 is 0. The van der Waals surface area contributed by atoms with Gasteiger partial charge in [0.1, 0.15) is 17.4 Å². The third kappa shape index (κ3) is 3.34. The number of halogens is 1. The molecule has 102 valence electrons. The molecule has 20 heavy (non-hydrogen) atoms. The number of benzene rings is 2. The summed E-state index contributed by atoms with van der Waals surface area (Å²) < 4.78 is 13.5. The zero-order valence-electron chi connectivity index (χ0n) is 10.9. The van der Waals surface area contributed by atoms with Gasteiger partial charge in [0.15, 0.2) is 0 Å². The molecular formula is C16H15FN2O. The lowest BCUT2D eigenvalue weighted by Gasteiger charge is -2.18. The maximum atomic E-state index is 13.5. The minimum Gasteiger partial charge on any atom is -0.394 e. The molecular weight excluding hydrogens is 255 g/mol. The van der Waals surface area contributed by atoms with Gasteiger partial charge in [-0.2, -0.15) is 5.26 Å². The monoisotopic (exact) mass is 270 g/mol. The predicted molar refractivity (Wildman–Crippen MR) is 75.8 cm³/mol. The van der Waals surface area contributed by atoms with Gasteiger partial charge in [-0.1, -0.05) is 36.4 Å². The number of nitriles is 1. The Labute approximate surface area is 117 Å². The Morgan fingerprint density at radius 2 is 1.90 bits per heavy atom. The summed E-state index contributed by atoms with van der Waals surface area (Å²) in [5, 5.41) is 21.4. The number of aliphatic hydroxyl groups is 1. The van der Waals surface area contributed by atoms with Crippen molar-refractivity contribution in [1.29, 1.82) is 5.26 Å². The summed E-state index contributed by atoms with van der Waals surface area (Å²) in [4.78, 5) is 0. The van der Waals surface area contributed by atoms with Gasteiger partial charge >= 0.3 is 0 Å². The summed E-state index contributed by atoms with van der Waals surface area (Å²) in [6, 6.07) is 15.7. The number of nitrogens with zero attached hydrogens (tertiary/aromatic N) is 1. The van der Waals surface area contributed by atoms with Crippen molar-refractivity contribution in [2.45, 2.75) is 12.5 Å². The van der Waals surface area contributed by atoms with Gasteiger partial charge < -0.3 is 10.4 Å². The van der Waals surface area contributed by atoms with Crippen molar-refractivity contribution in [1.82, 2.24) is 0 Å². The highest BCUT2D eigenvalue weighted by Gasteiger charge is 2.13. The van der Waals surface area contributed by atoms with E-state index in [1.165, 1.54) is 12.1 Å². The maximum absolute atomic E-state index is 13.5. The quantitative estimate of drug-likeness (QED) is 0.878. The Hall–Kier alpha value is -2.38. The average molecular weight is 270 g/mol. The van der Waals surface area contributed by atoms with E-state index in [-0.39, 0.29) is 18.2 Å². The van der Waals surface area contributed by atoms with Crippen LogP contribution in [0, 0.1) is 17.1 Å². The first-order valence-corrected chi connectivity index (χ1v) is 6.34. The second kappa shape index (κ2) is 6.69. The van der Waals surface area contributed by atoms with Gasteiger partial charge in [-0.3, -0.25) is 0 Å². The fraction of sp³-hybridized carbons (Fsp3) is 0.188. The second-order valence-corrected chi connectivity index (χ2v) is 4.49. The minimum atomic E-state index is -0.561. The Kier molecular flexibility index (Phi) is 4.70.